The Balaban J connectivity index is 0. The number of unbranched alkanes of at least 4 members (excludes halogenated alkanes) is 11. The normalized spacial score (nSPS) is 13.9. The summed E-state index contributed by atoms with van der Waals surface area (Å²) in [4.78, 5) is 0. The van der Waals surface area contributed by atoms with E-state index in [1.54, 1.807) is 0 Å². The Labute approximate surface area is 191 Å². The Hall–Kier alpha value is 0.870. The number of aliphatic hydroxyl groups is 1. The molecule has 0 heterocycles. The standard InChI is InChI=1S/C21H44O4S.Na/c1-3-5-6-7-8-9-12-15-18-21(26(23,24)25)19-16-13-10-11-14-17-20(22)4-2;/h20-22H,3-19H2,1-2H3,(H,23,24,25);/q;+1/p-1. The summed E-state index contributed by atoms with van der Waals surface area (Å²) in [6.45, 7) is 4.20. The van der Waals surface area contributed by atoms with Crippen molar-refractivity contribution in [1.82, 2.24) is 0 Å². The van der Waals surface area contributed by atoms with E-state index < -0.39 is 15.4 Å². The van der Waals surface area contributed by atoms with Crippen LogP contribution in [0.3, 0.4) is 0 Å². The van der Waals surface area contributed by atoms with E-state index in [-0.39, 0.29) is 35.7 Å². The van der Waals surface area contributed by atoms with Crippen molar-refractivity contribution in [2.45, 2.75) is 134 Å². The molecular formula is C21H43NaO4S. The molecule has 158 valence electrons. The molecule has 0 fully saturated rings. The van der Waals surface area contributed by atoms with Crippen molar-refractivity contribution in [3.8, 4) is 0 Å². The smallest absolute Gasteiger partial charge is 0.748 e. The van der Waals surface area contributed by atoms with Gasteiger partial charge in [-0.1, -0.05) is 97.3 Å². The SMILES string of the molecule is CCCCCCCCCCC(CCCCCCCC(O)CC)S(=O)(=O)[O-].[Na+]. The number of rotatable bonds is 19. The minimum atomic E-state index is -4.16. The largest absolute Gasteiger partial charge is 1.00 e. The van der Waals surface area contributed by atoms with Crippen molar-refractivity contribution in [3.63, 3.8) is 0 Å². The van der Waals surface area contributed by atoms with Gasteiger partial charge in [0.2, 0.25) is 0 Å². The van der Waals surface area contributed by atoms with E-state index in [0.717, 1.165) is 64.2 Å². The van der Waals surface area contributed by atoms with Crippen molar-refractivity contribution in [1.29, 1.82) is 0 Å². The molecule has 0 saturated heterocycles. The third kappa shape index (κ3) is 19.9. The van der Waals surface area contributed by atoms with Gasteiger partial charge in [-0.25, -0.2) is 8.42 Å². The predicted molar refractivity (Wildman–Crippen MR) is 109 cm³/mol. The second-order valence-electron chi connectivity index (χ2n) is 7.79. The summed E-state index contributed by atoms with van der Waals surface area (Å²) in [5, 5.41) is 8.81. The summed E-state index contributed by atoms with van der Waals surface area (Å²) in [5.74, 6) is 0. The second kappa shape index (κ2) is 20.2. The zero-order chi connectivity index (χ0) is 19.7. The first-order chi connectivity index (χ1) is 12.4. The van der Waals surface area contributed by atoms with Gasteiger partial charge in [0.15, 0.2) is 0 Å². The topological polar surface area (TPSA) is 77.4 Å². The molecule has 0 rings (SSSR count). The maximum atomic E-state index is 11.5. The number of hydrogen-bond acceptors (Lipinski definition) is 4. The van der Waals surface area contributed by atoms with Gasteiger partial charge in [-0.05, 0) is 25.7 Å². The Morgan fingerprint density at radius 2 is 1.07 bits per heavy atom. The van der Waals surface area contributed by atoms with Crippen molar-refractivity contribution in [3.05, 3.63) is 0 Å². The zero-order valence-electron chi connectivity index (χ0n) is 18.3. The Morgan fingerprint density at radius 3 is 1.44 bits per heavy atom. The fourth-order valence-electron chi connectivity index (χ4n) is 3.43. The first kappa shape index (κ1) is 30.1. The van der Waals surface area contributed by atoms with E-state index in [4.69, 9.17) is 0 Å². The molecule has 2 atom stereocenters. The van der Waals surface area contributed by atoms with Crippen LogP contribution in [0.2, 0.25) is 0 Å². The number of aliphatic hydroxyl groups excluding tert-OH is 1. The third-order valence-electron chi connectivity index (χ3n) is 5.32. The van der Waals surface area contributed by atoms with Crippen molar-refractivity contribution < 1.29 is 47.6 Å². The first-order valence-corrected chi connectivity index (χ1v) is 12.5. The Kier molecular flexibility index (Phi) is 22.4. The van der Waals surface area contributed by atoms with Gasteiger partial charge in [-0.2, -0.15) is 0 Å². The van der Waals surface area contributed by atoms with Crippen LogP contribution in [0.15, 0.2) is 0 Å². The molecule has 0 amide bonds. The molecule has 1 N–H and O–H groups in total. The molecule has 6 heteroatoms. The first-order valence-electron chi connectivity index (χ1n) is 11.0. The molecule has 0 spiro atoms. The fraction of sp³-hybridized carbons (Fsp3) is 1.00. The van der Waals surface area contributed by atoms with Crippen LogP contribution in [0.5, 0.6) is 0 Å². The van der Waals surface area contributed by atoms with Crippen LogP contribution in [0.4, 0.5) is 0 Å². The van der Waals surface area contributed by atoms with Gasteiger partial charge in [0.1, 0.15) is 0 Å². The zero-order valence-corrected chi connectivity index (χ0v) is 21.1. The minimum Gasteiger partial charge on any atom is -0.748 e. The van der Waals surface area contributed by atoms with Crippen LogP contribution >= 0.6 is 0 Å². The van der Waals surface area contributed by atoms with Gasteiger partial charge in [0, 0.05) is 5.25 Å². The average Bonchev–Trinajstić information content (AvgIpc) is 2.59. The molecule has 2 unspecified atom stereocenters. The molecule has 0 aromatic carbocycles. The average molecular weight is 415 g/mol. The van der Waals surface area contributed by atoms with Crippen LogP contribution in [-0.2, 0) is 10.1 Å². The molecule has 27 heavy (non-hydrogen) atoms. The van der Waals surface area contributed by atoms with E-state index in [1.165, 1.54) is 32.1 Å². The van der Waals surface area contributed by atoms with Gasteiger partial charge in [-0.3, -0.25) is 0 Å². The summed E-state index contributed by atoms with van der Waals surface area (Å²) in [7, 11) is -4.16. The molecular weight excluding hydrogens is 371 g/mol. The van der Waals surface area contributed by atoms with Crippen molar-refractivity contribution >= 4 is 10.1 Å². The maximum absolute atomic E-state index is 11.5. The van der Waals surface area contributed by atoms with Crippen LogP contribution in [0.1, 0.15) is 123 Å². The summed E-state index contributed by atoms with van der Waals surface area (Å²) in [5.41, 5.74) is 0. The molecule has 0 aliphatic carbocycles. The van der Waals surface area contributed by atoms with Gasteiger partial charge in [0.25, 0.3) is 0 Å². The molecule has 0 radical (unpaired) electrons. The van der Waals surface area contributed by atoms with E-state index >= 15 is 0 Å². The van der Waals surface area contributed by atoms with Gasteiger partial charge >= 0.3 is 29.6 Å². The van der Waals surface area contributed by atoms with Crippen molar-refractivity contribution in [2.24, 2.45) is 0 Å². The summed E-state index contributed by atoms with van der Waals surface area (Å²) in [6, 6.07) is 0. The molecule has 4 nitrogen and oxygen atoms in total. The van der Waals surface area contributed by atoms with Gasteiger partial charge in [0.05, 0.1) is 16.2 Å². The van der Waals surface area contributed by atoms with Crippen molar-refractivity contribution in [2.75, 3.05) is 0 Å². The van der Waals surface area contributed by atoms with E-state index in [0.29, 0.717) is 12.8 Å². The molecule has 0 bridgehead atoms. The van der Waals surface area contributed by atoms with Crippen LogP contribution < -0.4 is 29.6 Å². The minimum absolute atomic E-state index is 0. The molecule has 0 aromatic rings. The molecule has 0 saturated carbocycles. The monoisotopic (exact) mass is 414 g/mol. The summed E-state index contributed by atoms with van der Waals surface area (Å²) < 4.78 is 34.4. The fourth-order valence-corrected chi connectivity index (χ4v) is 4.34. The molecule has 0 aliphatic heterocycles. The molecule has 0 aliphatic rings. The third-order valence-corrected chi connectivity index (χ3v) is 6.61. The van der Waals surface area contributed by atoms with Crippen LogP contribution in [-0.4, -0.2) is 29.4 Å². The predicted octanol–water partition coefficient (Wildman–Crippen LogP) is 2.94. The van der Waals surface area contributed by atoms with E-state index in [1.807, 2.05) is 6.92 Å². The summed E-state index contributed by atoms with van der Waals surface area (Å²) in [6.07, 6.45) is 16.9. The quantitative estimate of drug-likeness (QED) is 0.200. The van der Waals surface area contributed by atoms with Crippen LogP contribution in [0.25, 0.3) is 0 Å². The molecule has 0 aromatic heterocycles. The van der Waals surface area contributed by atoms with Gasteiger partial charge < -0.3 is 9.66 Å². The number of hydrogen-bond donors (Lipinski definition) is 1. The van der Waals surface area contributed by atoms with Crippen LogP contribution in [0, 0.1) is 0 Å². The Morgan fingerprint density at radius 1 is 0.704 bits per heavy atom. The second-order valence-corrected chi connectivity index (χ2v) is 9.44. The van der Waals surface area contributed by atoms with E-state index in [9.17, 15) is 18.1 Å². The Bertz CT molecular complexity index is 401. The van der Waals surface area contributed by atoms with Gasteiger partial charge in [-0.15, -0.1) is 0 Å². The maximum Gasteiger partial charge on any atom is 1.00 e. The van der Waals surface area contributed by atoms with E-state index in [2.05, 4.69) is 6.92 Å². The summed E-state index contributed by atoms with van der Waals surface area (Å²) >= 11 is 0.